The van der Waals surface area contributed by atoms with Gasteiger partial charge in [0.25, 0.3) is 0 Å². The summed E-state index contributed by atoms with van der Waals surface area (Å²) in [5.74, 6) is 0. The number of hydrogen-bond donors (Lipinski definition) is 0. The van der Waals surface area contributed by atoms with Gasteiger partial charge in [0.2, 0.25) is 0 Å². The summed E-state index contributed by atoms with van der Waals surface area (Å²) in [5.41, 5.74) is 3.33. The van der Waals surface area contributed by atoms with E-state index in [2.05, 4.69) is 99.7 Å². The Balaban J connectivity index is 0.00000544. The number of hydrogen-bond acceptors (Lipinski definition) is 0. The van der Waals surface area contributed by atoms with Gasteiger partial charge in [0.05, 0.1) is 0 Å². The number of aryl methyl sites for hydroxylation is 2. The molecule has 0 aliphatic rings. The molecule has 0 amide bonds. The summed E-state index contributed by atoms with van der Waals surface area (Å²) in [6.45, 7) is 16.0. The molecule has 2 heterocycles. The van der Waals surface area contributed by atoms with Crippen LogP contribution < -0.4 is 33.9 Å². The molecule has 2 aromatic rings. The summed E-state index contributed by atoms with van der Waals surface area (Å²) in [5, 5.41) is 0. The first-order valence-electron chi connectivity index (χ1n) is 13.2. The summed E-state index contributed by atoms with van der Waals surface area (Å²) in [6, 6.07) is 9.12. The average Bonchev–Trinajstić information content (AvgIpc) is 2.74. The van der Waals surface area contributed by atoms with Crippen molar-refractivity contribution < 1.29 is 33.9 Å². The van der Waals surface area contributed by atoms with Crippen LogP contribution in [0.3, 0.4) is 0 Å². The topological polar surface area (TPSA) is 7.76 Å². The van der Waals surface area contributed by atoms with Gasteiger partial charge in [-0.1, -0.05) is 80.1 Å². The lowest BCUT2D eigenvalue weighted by molar-refractivity contribution is -0.697. The van der Waals surface area contributed by atoms with Crippen LogP contribution in [0.25, 0.3) is 0 Å². The summed E-state index contributed by atoms with van der Waals surface area (Å²) in [6.07, 6.45) is 22.7. The van der Waals surface area contributed by atoms with Gasteiger partial charge < -0.3 is 24.8 Å². The molecule has 2 rings (SSSR count). The van der Waals surface area contributed by atoms with Gasteiger partial charge in [0.1, 0.15) is 13.1 Å². The Hall–Kier alpha value is -1.12. The minimum absolute atomic E-state index is 0. The fraction of sp³-hybridized carbons (Fsp3) is 0.667. The van der Waals surface area contributed by atoms with Crippen LogP contribution in [-0.4, -0.2) is 0 Å². The average molecular weight is 510 g/mol. The van der Waals surface area contributed by atoms with Crippen molar-refractivity contribution in [1.82, 2.24) is 0 Å². The van der Waals surface area contributed by atoms with E-state index in [0.717, 1.165) is 13.1 Å². The molecular weight excluding hydrogens is 459 g/mol. The highest BCUT2D eigenvalue weighted by Crippen LogP contribution is 2.21. The summed E-state index contributed by atoms with van der Waals surface area (Å²) in [7, 11) is 0. The fourth-order valence-corrected chi connectivity index (χ4v) is 4.22. The van der Waals surface area contributed by atoms with E-state index < -0.39 is 0 Å². The van der Waals surface area contributed by atoms with Crippen molar-refractivity contribution in [3.63, 3.8) is 0 Å². The molecule has 0 aromatic carbocycles. The van der Waals surface area contributed by atoms with E-state index >= 15 is 0 Å². The fourth-order valence-electron chi connectivity index (χ4n) is 4.22. The molecular formula is C30H50Cl2N2. The van der Waals surface area contributed by atoms with Crippen LogP contribution in [0.1, 0.15) is 117 Å². The van der Waals surface area contributed by atoms with Gasteiger partial charge in [-0.15, -0.1) is 0 Å². The molecule has 0 bridgehead atoms. The van der Waals surface area contributed by atoms with Crippen LogP contribution in [0.5, 0.6) is 0 Å². The molecule has 34 heavy (non-hydrogen) atoms. The maximum atomic E-state index is 2.34. The lowest BCUT2D eigenvalue weighted by atomic mass is 9.88. The molecule has 0 fully saturated rings. The van der Waals surface area contributed by atoms with Crippen molar-refractivity contribution in [2.75, 3.05) is 0 Å². The monoisotopic (exact) mass is 508 g/mol. The molecule has 0 atom stereocenters. The number of nitrogens with zero attached hydrogens (tertiary/aromatic N) is 2. The van der Waals surface area contributed by atoms with Crippen LogP contribution in [0.2, 0.25) is 0 Å². The second-order valence-corrected chi connectivity index (χ2v) is 11.7. The Morgan fingerprint density at radius 1 is 0.441 bits per heavy atom. The number of unbranched alkanes of at least 4 members (excludes halogenated alkanes) is 9. The number of pyridine rings is 2. The molecule has 194 valence electrons. The molecule has 0 unspecified atom stereocenters. The third kappa shape index (κ3) is 13.1. The molecule has 2 nitrogen and oxygen atoms in total. The zero-order valence-electron chi connectivity index (χ0n) is 22.8. The first kappa shape index (κ1) is 32.9. The smallest absolute Gasteiger partial charge is 0.169 e. The number of halogens is 2. The molecule has 0 saturated carbocycles. The molecule has 2 aromatic heterocycles. The van der Waals surface area contributed by atoms with Gasteiger partial charge in [-0.2, -0.15) is 0 Å². The first-order chi connectivity index (χ1) is 15.2. The van der Waals surface area contributed by atoms with Gasteiger partial charge in [-0.3, -0.25) is 0 Å². The standard InChI is InChI=1S/C30H50N2.2ClH/c1-29(2,3)27-17-23-31(24-18-27)21-15-13-11-9-7-8-10-12-14-16-22-32-25-19-28(20-26-32)30(4,5)6;;/h17-20,23-26H,7-16,21-22H2,1-6H3;2*1H/q+2;;/p-2. The van der Waals surface area contributed by atoms with Crippen molar-refractivity contribution in [2.24, 2.45) is 0 Å². The van der Waals surface area contributed by atoms with Gasteiger partial charge in [0.15, 0.2) is 24.8 Å². The molecule has 0 aliphatic heterocycles. The highest BCUT2D eigenvalue weighted by molar-refractivity contribution is 5.18. The van der Waals surface area contributed by atoms with E-state index in [-0.39, 0.29) is 35.6 Å². The van der Waals surface area contributed by atoms with Crippen molar-refractivity contribution >= 4 is 0 Å². The Kier molecular flexibility index (Phi) is 16.0. The maximum Gasteiger partial charge on any atom is 0.169 e. The lowest BCUT2D eigenvalue weighted by Gasteiger charge is -2.17. The van der Waals surface area contributed by atoms with Crippen LogP contribution in [0.15, 0.2) is 49.1 Å². The van der Waals surface area contributed by atoms with E-state index in [1.54, 1.807) is 0 Å². The second kappa shape index (κ2) is 16.5. The predicted molar refractivity (Wildman–Crippen MR) is 137 cm³/mol. The molecule has 0 N–H and O–H groups in total. The van der Waals surface area contributed by atoms with Gasteiger partial charge in [-0.25, -0.2) is 9.13 Å². The van der Waals surface area contributed by atoms with Gasteiger partial charge in [0, 0.05) is 37.1 Å². The lowest BCUT2D eigenvalue weighted by Crippen LogP contribution is -3.00. The molecule has 0 saturated heterocycles. The summed E-state index contributed by atoms with van der Waals surface area (Å²) < 4.78 is 4.68. The van der Waals surface area contributed by atoms with Gasteiger partial charge >= 0.3 is 0 Å². The first-order valence-corrected chi connectivity index (χ1v) is 13.2. The summed E-state index contributed by atoms with van der Waals surface area (Å²) in [4.78, 5) is 0. The van der Waals surface area contributed by atoms with E-state index in [4.69, 9.17) is 0 Å². The Morgan fingerprint density at radius 2 is 0.676 bits per heavy atom. The highest BCUT2D eigenvalue weighted by atomic mass is 35.5. The molecule has 0 radical (unpaired) electrons. The third-order valence-corrected chi connectivity index (χ3v) is 6.60. The van der Waals surface area contributed by atoms with Crippen LogP contribution in [0.4, 0.5) is 0 Å². The van der Waals surface area contributed by atoms with E-state index in [0.29, 0.717) is 0 Å². The Morgan fingerprint density at radius 3 is 0.912 bits per heavy atom. The Bertz CT molecular complexity index is 689. The third-order valence-electron chi connectivity index (χ3n) is 6.60. The normalized spacial score (nSPS) is 11.6. The summed E-state index contributed by atoms with van der Waals surface area (Å²) >= 11 is 0. The van der Waals surface area contributed by atoms with E-state index in [9.17, 15) is 0 Å². The van der Waals surface area contributed by atoms with E-state index in [1.807, 2.05) is 0 Å². The molecule has 4 heteroatoms. The minimum atomic E-state index is 0. The molecule has 0 spiro atoms. The van der Waals surface area contributed by atoms with Crippen LogP contribution >= 0.6 is 0 Å². The van der Waals surface area contributed by atoms with E-state index in [1.165, 1.54) is 75.3 Å². The highest BCUT2D eigenvalue weighted by Gasteiger charge is 2.15. The number of rotatable bonds is 13. The quantitative estimate of drug-likeness (QED) is 0.286. The minimum Gasteiger partial charge on any atom is -1.00 e. The largest absolute Gasteiger partial charge is 1.00 e. The molecule has 0 aliphatic carbocycles. The van der Waals surface area contributed by atoms with Crippen molar-refractivity contribution in [3.05, 3.63) is 60.2 Å². The van der Waals surface area contributed by atoms with Gasteiger partial charge in [-0.05, 0) is 34.8 Å². The second-order valence-electron chi connectivity index (χ2n) is 11.7. The zero-order chi connectivity index (χ0) is 23.5. The number of aromatic nitrogens is 2. The SMILES string of the molecule is CC(C)(C)c1cc[n+](CCCCCCCCCCCC[n+]2ccc(C(C)(C)C)cc2)cc1.[Cl-].[Cl-]. The van der Waals surface area contributed by atoms with Crippen molar-refractivity contribution in [1.29, 1.82) is 0 Å². The predicted octanol–water partition coefficient (Wildman–Crippen LogP) is 1.47. The zero-order valence-corrected chi connectivity index (χ0v) is 24.3. The maximum absolute atomic E-state index is 2.34. The Labute approximate surface area is 223 Å². The van der Waals surface area contributed by atoms with Crippen molar-refractivity contribution in [2.45, 2.75) is 130 Å². The van der Waals surface area contributed by atoms with Crippen LogP contribution in [-0.2, 0) is 23.9 Å². The van der Waals surface area contributed by atoms with Crippen molar-refractivity contribution in [3.8, 4) is 0 Å². The van der Waals surface area contributed by atoms with Crippen LogP contribution in [0, 0.1) is 0 Å².